The number of amides is 1. The zero-order chi connectivity index (χ0) is 20.2. The number of carboxylic acids is 1. The van der Waals surface area contributed by atoms with E-state index < -0.39 is 28.4 Å². The molecule has 0 atom stereocenters. The number of carboxylic acid groups (broad SMARTS) is 1. The lowest BCUT2D eigenvalue weighted by Crippen LogP contribution is -2.38. The summed E-state index contributed by atoms with van der Waals surface area (Å²) in [5.41, 5.74) is 0.767. The zero-order valence-corrected chi connectivity index (χ0v) is 17.0. The molecule has 7 nitrogen and oxygen atoms in total. The first-order chi connectivity index (χ1) is 12.6. The van der Waals surface area contributed by atoms with Gasteiger partial charge in [-0.25, -0.2) is 8.42 Å². The number of carbonyl (C=O) groups is 2. The number of benzene rings is 1. The summed E-state index contributed by atoms with van der Waals surface area (Å²) in [5.74, 6) is -1.48. The highest BCUT2D eigenvalue weighted by Crippen LogP contribution is 2.25. The van der Waals surface area contributed by atoms with Gasteiger partial charge in [0.1, 0.15) is 6.54 Å². The first-order valence-electron chi connectivity index (χ1n) is 9.24. The molecule has 0 radical (unpaired) electrons. The quantitative estimate of drug-likeness (QED) is 0.763. The van der Waals surface area contributed by atoms with Crippen LogP contribution in [0.5, 0.6) is 0 Å². The molecule has 0 unspecified atom stereocenters. The molecular formula is C19H28N2O5S. The number of aliphatic carboxylic acids is 1. The number of aryl methyl sites for hydroxylation is 1. The summed E-state index contributed by atoms with van der Waals surface area (Å²) in [4.78, 5) is 25.3. The van der Waals surface area contributed by atoms with E-state index in [-0.39, 0.29) is 22.9 Å². The lowest BCUT2D eigenvalue weighted by molar-refractivity contribution is -0.137. The van der Waals surface area contributed by atoms with Crippen molar-refractivity contribution in [1.29, 1.82) is 0 Å². The van der Waals surface area contributed by atoms with Gasteiger partial charge in [-0.3, -0.25) is 9.59 Å². The van der Waals surface area contributed by atoms with Crippen LogP contribution in [0.4, 0.5) is 0 Å². The van der Waals surface area contributed by atoms with Gasteiger partial charge in [-0.15, -0.1) is 0 Å². The Morgan fingerprint density at radius 2 is 1.81 bits per heavy atom. The second-order valence-corrected chi connectivity index (χ2v) is 9.32. The molecule has 1 saturated heterocycles. The van der Waals surface area contributed by atoms with E-state index in [1.165, 1.54) is 15.3 Å². The number of carbonyl (C=O) groups excluding carboxylic acids is 1. The van der Waals surface area contributed by atoms with Crippen molar-refractivity contribution in [3.63, 3.8) is 0 Å². The predicted octanol–water partition coefficient (Wildman–Crippen LogP) is 2.35. The van der Waals surface area contributed by atoms with Gasteiger partial charge in [0, 0.05) is 25.2 Å². The lowest BCUT2D eigenvalue weighted by atomic mass is 10.1. The van der Waals surface area contributed by atoms with Gasteiger partial charge in [-0.05, 0) is 43.4 Å². The van der Waals surface area contributed by atoms with E-state index in [0.29, 0.717) is 18.7 Å². The summed E-state index contributed by atoms with van der Waals surface area (Å²) in [5, 5.41) is 9.09. The fourth-order valence-electron chi connectivity index (χ4n) is 3.26. The minimum atomic E-state index is -3.67. The minimum absolute atomic E-state index is 0.0929. The maximum Gasteiger partial charge on any atom is 0.323 e. The van der Waals surface area contributed by atoms with Crippen molar-refractivity contribution < 1.29 is 23.1 Å². The smallest absolute Gasteiger partial charge is 0.323 e. The molecule has 1 fully saturated rings. The fourth-order valence-corrected chi connectivity index (χ4v) is 5.03. The first kappa shape index (κ1) is 21.4. The molecule has 1 aromatic carbocycles. The van der Waals surface area contributed by atoms with Gasteiger partial charge in [-0.1, -0.05) is 26.3 Å². The highest BCUT2D eigenvalue weighted by atomic mass is 32.2. The van der Waals surface area contributed by atoms with Gasteiger partial charge < -0.3 is 10.0 Å². The second-order valence-electron chi connectivity index (χ2n) is 7.42. The van der Waals surface area contributed by atoms with Crippen LogP contribution < -0.4 is 0 Å². The van der Waals surface area contributed by atoms with E-state index in [0.717, 1.165) is 19.3 Å². The third kappa shape index (κ3) is 5.29. The van der Waals surface area contributed by atoms with E-state index in [1.807, 2.05) is 13.8 Å². The average Bonchev–Trinajstić information content (AvgIpc) is 2.60. The van der Waals surface area contributed by atoms with E-state index in [1.54, 1.807) is 19.1 Å². The van der Waals surface area contributed by atoms with Crippen molar-refractivity contribution in [2.45, 2.75) is 44.9 Å². The molecule has 0 saturated carbocycles. The van der Waals surface area contributed by atoms with Crippen molar-refractivity contribution in [2.75, 3.05) is 26.2 Å². The van der Waals surface area contributed by atoms with Crippen LogP contribution in [0.15, 0.2) is 23.1 Å². The van der Waals surface area contributed by atoms with E-state index in [2.05, 4.69) is 0 Å². The van der Waals surface area contributed by atoms with Gasteiger partial charge >= 0.3 is 5.97 Å². The van der Waals surface area contributed by atoms with Crippen LogP contribution in [0.1, 0.15) is 49.0 Å². The van der Waals surface area contributed by atoms with Crippen LogP contribution in [0, 0.1) is 12.8 Å². The highest BCUT2D eigenvalue weighted by Gasteiger charge is 2.29. The standard InChI is InChI=1S/C19H28N2O5S/c1-14(2)12-20(13-18(22)23)19(24)16-8-7-15(3)17(11-16)27(25,26)21-9-5-4-6-10-21/h7-8,11,14H,4-6,9-10,12-13H2,1-3H3,(H,22,23). The molecule has 2 rings (SSSR count). The first-order valence-corrected chi connectivity index (χ1v) is 10.7. The van der Waals surface area contributed by atoms with Gasteiger partial charge in [0.2, 0.25) is 10.0 Å². The SMILES string of the molecule is Cc1ccc(C(=O)N(CC(=O)O)CC(C)C)cc1S(=O)(=O)N1CCCCC1. The van der Waals surface area contributed by atoms with Gasteiger partial charge in [0.05, 0.1) is 4.90 Å². The summed E-state index contributed by atoms with van der Waals surface area (Å²) in [6.07, 6.45) is 2.68. The maximum atomic E-state index is 13.0. The van der Waals surface area contributed by atoms with Crippen LogP contribution >= 0.6 is 0 Å². The summed E-state index contributed by atoms with van der Waals surface area (Å²) in [6, 6.07) is 4.55. The molecule has 1 heterocycles. The van der Waals surface area contributed by atoms with Crippen LogP contribution in [0.3, 0.4) is 0 Å². The Labute approximate surface area is 161 Å². The molecule has 0 spiro atoms. The molecule has 27 heavy (non-hydrogen) atoms. The lowest BCUT2D eigenvalue weighted by Gasteiger charge is -2.27. The molecule has 8 heteroatoms. The molecule has 1 aliphatic heterocycles. The van der Waals surface area contributed by atoms with Crippen LogP contribution in [0.2, 0.25) is 0 Å². The minimum Gasteiger partial charge on any atom is -0.480 e. The highest BCUT2D eigenvalue weighted by molar-refractivity contribution is 7.89. The Kier molecular flexibility index (Phi) is 7.00. The largest absolute Gasteiger partial charge is 0.480 e. The van der Waals surface area contributed by atoms with Gasteiger partial charge in [-0.2, -0.15) is 4.31 Å². The Balaban J connectivity index is 2.37. The predicted molar refractivity (Wildman–Crippen MR) is 102 cm³/mol. The Hall–Kier alpha value is -1.93. The van der Waals surface area contributed by atoms with Crippen LogP contribution in [-0.4, -0.2) is 60.8 Å². The molecule has 1 N–H and O–H groups in total. The van der Waals surface area contributed by atoms with Crippen molar-refractivity contribution in [3.8, 4) is 0 Å². The number of sulfonamides is 1. The summed E-state index contributed by atoms with van der Waals surface area (Å²) in [6.45, 7) is 6.32. The molecular weight excluding hydrogens is 368 g/mol. The van der Waals surface area contributed by atoms with Gasteiger partial charge in [0.25, 0.3) is 5.91 Å². The Morgan fingerprint density at radius 3 is 2.37 bits per heavy atom. The summed E-state index contributed by atoms with van der Waals surface area (Å²) < 4.78 is 27.5. The van der Waals surface area contributed by atoms with Crippen LogP contribution in [-0.2, 0) is 14.8 Å². The van der Waals surface area contributed by atoms with Crippen molar-refractivity contribution in [1.82, 2.24) is 9.21 Å². The third-order valence-electron chi connectivity index (χ3n) is 4.57. The second kappa shape index (κ2) is 8.84. The van der Waals surface area contributed by atoms with Crippen molar-refractivity contribution in [2.24, 2.45) is 5.92 Å². The van der Waals surface area contributed by atoms with Crippen molar-refractivity contribution >= 4 is 21.9 Å². The molecule has 150 valence electrons. The molecule has 1 aliphatic rings. The normalized spacial score (nSPS) is 15.7. The molecule has 1 aromatic rings. The maximum absolute atomic E-state index is 13.0. The Morgan fingerprint density at radius 1 is 1.19 bits per heavy atom. The summed E-state index contributed by atoms with van der Waals surface area (Å²) in [7, 11) is -3.67. The topological polar surface area (TPSA) is 95.0 Å². The van der Waals surface area contributed by atoms with E-state index in [9.17, 15) is 18.0 Å². The number of rotatable bonds is 7. The molecule has 0 bridgehead atoms. The molecule has 1 amide bonds. The number of hydrogen-bond acceptors (Lipinski definition) is 4. The van der Waals surface area contributed by atoms with E-state index >= 15 is 0 Å². The fraction of sp³-hybridized carbons (Fsp3) is 0.579. The zero-order valence-electron chi connectivity index (χ0n) is 16.1. The number of hydrogen-bond donors (Lipinski definition) is 1. The Bertz CT molecular complexity index is 798. The summed E-state index contributed by atoms with van der Waals surface area (Å²) >= 11 is 0. The monoisotopic (exact) mass is 396 g/mol. The van der Waals surface area contributed by atoms with Crippen LogP contribution in [0.25, 0.3) is 0 Å². The van der Waals surface area contributed by atoms with Gasteiger partial charge in [0.15, 0.2) is 0 Å². The number of nitrogens with zero attached hydrogens (tertiary/aromatic N) is 2. The average molecular weight is 397 g/mol. The van der Waals surface area contributed by atoms with Crippen molar-refractivity contribution in [3.05, 3.63) is 29.3 Å². The molecule has 0 aromatic heterocycles. The molecule has 0 aliphatic carbocycles. The third-order valence-corrected chi connectivity index (χ3v) is 6.61. The number of piperidine rings is 1. The van der Waals surface area contributed by atoms with E-state index in [4.69, 9.17) is 5.11 Å².